The van der Waals surface area contributed by atoms with Crippen LogP contribution in [-0.4, -0.2) is 24.5 Å². The number of nitrogens with zero attached hydrogens (tertiary/aromatic N) is 1. The van der Waals surface area contributed by atoms with Crippen LogP contribution in [0.1, 0.15) is 31.7 Å². The molecule has 1 fully saturated rings. The molecule has 2 heteroatoms. The smallest absolute Gasteiger partial charge is 0.0233 e. The van der Waals surface area contributed by atoms with Gasteiger partial charge >= 0.3 is 0 Å². The Kier molecular flexibility index (Phi) is 5.21. The molecule has 2 atom stereocenters. The number of hydrogen-bond donors (Lipinski definition) is 1. The Morgan fingerprint density at radius 1 is 1.17 bits per heavy atom. The fraction of sp³-hybridized carbons (Fsp3) is 0.625. The molecule has 0 amide bonds. The predicted molar refractivity (Wildman–Crippen MR) is 77.3 cm³/mol. The van der Waals surface area contributed by atoms with E-state index in [1.165, 1.54) is 37.9 Å². The lowest BCUT2D eigenvalue weighted by Gasteiger charge is -2.20. The van der Waals surface area contributed by atoms with Crippen molar-refractivity contribution in [1.82, 2.24) is 4.90 Å². The van der Waals surface area contributed by atoms with Crippen LogP contribution in [0.3, 0.4) is 0 Å². The predicted octanol–water partition coefficient (Wildman–Crippen LogP) is 2.88. The molecule has 0 saturated carbocycles. The van der Waals surface area contributed by atoms with Crippen LogP contribution >= 0.6 is 0 Å². The molecule has 1 aromatic carbocycles. The van der Waals surface area contributed by atoms with Crippen molar-refractivity contribution in [2.75, 3.05) is 19.6 Å². The molecule has 2 N–H and O–H groups in total. The van der Waals surface area contributed by atoms with Crippen LogP contribution < -0.4 is 5.73 Å². The molecule has 0 aromatic heterocycles. The van der Waals surface area contributed by atoms with E-state index in [2.05, 4.69) is 42.2 Å². The van der Waals surface area contributed by atoms with Gasteiger partial charge in [0.05, 0.1) is 0 Å². The van der Waals surface area contributed by atoms with E-state index in [0.29, 0.717) is 0 Å². The van der Waals surface area contributed by atoms with Crippen LogP contribution in [0.25, 0.3) is 0 Å². The minimum Gasteiger partial charge on any atom is -0.330 e. The fourth-order valence-electron chi connectivity index (χ4n) is 3.01. The fourth-order valence-corrected chi connectivity index (χ4v) is 3.01. The largest absolute Gasteiger partial charge is 0.330 e. The second-order valence-electron chi connectivity index (χ2n) is 5.65. The normalized spacial score (nSPS) is 25.9. The summed E-state index contributed by atoms with van der Waals surface area (Å²) < 4.78 is 0. The quantitative estimate of drug-likeness (QED) is 0.885. The van der Waals surface area contributed by atoms with Crippen molar-refractivity contribution in [3.63, 3.8) is 0 Å². The number of hydrogen-bond acceptors (Lipinski definition) is 2. The first-order valence-corrected chi connectivity index (χ1v) is 7.26. The maximum atomic E-state index is 5.72. The average molecular weight is 246 g/mol. The topological polar surface area (TPSA) is 29.3 Å². The first-order valence-electron chi connectivity index (χ1n) is 7.26. The number of rotatable bonds is 4. The zero-order valence-electron chi connectivity index (χ0n) is 11.5. The van der Waals surface area contributed by atoms with Gasteiger partial charge in [0.1, 0.15) is 0 Å². The van der Waals surface area contributed by atoms with Crippen LogP contribution in [0.5, 0.6) is 0 Å². The minimum atomic E-state index is 0.828. The summed E-state index contributed by atoms with van der Waals surface area (Å²) >= 11 is 0. The van der Waals surface area contributed by atoms with Crippen LogP contribution in [0.15, 0.2) is 30.3 Å². The first kappa shape index (κ1) is 13.6. The highest BCUT2D eigenvalue weighted by atomic mass is 15.1. The maximum absolute atomic E-state index is 5.72. The third-order valence-corrected chi connectivity index (χ3v) is 4.31. The van der Waals surface area contributed by atoms with Gasteiger partial charge in [-0.25, -0.2) is 0 Å². The van der Waals surface area contributed by atoms with Gasteiger partial charge in [0.15, 0.2) is 0 Å². The van der Waals surface area contributed by atoms with E-state index in [1.807, 2.05) is 0 Å². The monoisotopic (exact) mass is 246 g/mol. The minimum absolute atomic E-state index is 0.828. The molecule has 0 radical (unpaired) electrons. The van der Waals surface area contributed by atoms with Crippen LogP contribution in [0.2, 0.25) is 0 Å². The molecule has 1 aromatic rings. The zero-order valence-corrected chi connectivity index (χ0v) is 11.5. The van der Waals surface area contributed by atoms with Crippen molar-refractivity contribution in [1.29, 1.82) is 0 Å². The summed E-state index contributed by atoms with van der Waals surface area (Å²) in [6.07, 6.45) is 3.82. The summed E-state index contributed by atoms with van der Waals surface area (Å²) in [5.41, 5.74) is 7.15. The van der Waals surface area contributed by atoms with Crippen molar-refractivity contribution in [2.24, 2.45) is 17.6 Å². The molecule has 100 valence electrons. The molecular weight excluding hydrogens is 220 g/mol. The van der Waals surface area contributed by atoms with Gasteiger partial charge in [-0.3, -0.25) is 4.90 Å². The highest BCUT2D eigenvalue weighted by molar-refractivity contribution is 5.14. The van der Waals surface area contributed by atoms with Crippen molar-refractivity contribution in [3.8, 4) is 0 Å². The number of nitrogens with two attached hydrogens (primary N) is 1. The highest BCUT2D eigenvalue weighted by Gasteiger charge is 2.22. The Labute approximate surface area is 111 Å². The van der Waals surface area contributed by atoms with Gasteiger partial charge in [0, 0.05) is 6.54 Å². The van der Waals surface area contributed by atoms with E-state index in [-0.39, 0.29) is 0 Å². The molecule has 1 aliphatic heterocycles. The molecule has 0 bridgehead atoms. The third kappa shape index (κ3) is 3.82. The average Bonchev–Trinajstić information content (AvgIpc) is 2.56. The van der Waals surface area contributed by atoms with Crippen molar-refractivity contribution in [2.45, 2.75) is 32.7 Å². The summed E-state index contributed by atoms with van der Waals surface area (Å²) in [6.45, 7) is 6.80. The van der Waals surface area contributed by atoms with E-state index in [4.69, 9.17) is 5.73 Å². The van der Waals surface area contributed by atoms with Gasteiger partial charge in [-0.2, -0.15) is 0 Å². The van der Waals surface area contributed by atoms with E-state index in [0.717, 1.165) is 24.9 Å². The molecule has 18 heavy (non-hydrogen) atoms. The summed E-state index contributed by atoms with van der Waals surface area (Å²) in [5, 5.41) is 0. The highest BCUT2D eigenvalue weighted by Crippen LogP contribution is 2.26. The van der Waals surface area contributed by atoms with Gasteiger partial charge in [-0.1, -0.05) is 37.3 Å². The Morgan fingerprint density at radius 3 is 2.61 bits per heavy atom. The molecule has 0 spiro atoms. The molecule has 1 heterocycles. The van der Waals surface area contributed by atoms with E-state index in [1.54, 1.807) is 0 Å². The molecular formula is C16H26N2. The molecule has 2 nitrogen and oxygen atoms in total. The Balaban J connectivity index is 1.88. The summed E-state index contributed by atoms with van der Waals surface area (Å²) in [5.74, 6) is 1.66. The lowest BCUT2D eigenvalue weighted by Crippen LogP contribution is -2.24. The van der Waals surface area contributed by atoms with Crippen molar-refractivity contribution < 1.29 is 0 Å². The molecule has 1 saturated heterocycles. The van der Waals surface area contributed by atoms with Gasteiger partial charge in [0.25, 0.3) is 0 Å². The molecule has 1 aliphatic rings. The third-order valence-electron chi connectivity index (χ3n) is 4.31. The molecule has 2 unspecified atom stereocenters. The van der Waals surface area contributed by atoms with Crippen molar-refractivity contribution in [3.05, 3.63) is 35.9 Å². The van der Waals surface area contributed by atoms with Gasteiger partial charge in [0.2, 0.25) is 0 Å². The number of likely N-dealkylation sites (tertiary alicyclic amines) is 1. The van der Waals surface area contributed by atoms with Gasteiger partial charge < -0.3 is 5.73 Å². The Morgan fingerprint density at radius 2 is 1.89 bits per heavy atom. The van der Waals surface area contributed by atoms with E-state index >= 15 is 0 Å². The second-order valence-corrected chi connectivity index (χ2v) is 5.65. The standard InChI is InChI=1S/C16H26N2/c1-14-8-11-18(12-9-16(14)7-10-17)13-15-5-3-2-4-6-15/h2-6,14,16H,7-13,17H2,1H3. The van der Waals surface area contributed by atoms with Gasteiger partial charge in [-0.05, 0) is 56.3 Å². The van der Waals surface area contributed by atoms with Gasteiger partial charge in [-0.15, -0.1) is 0 Å². The lowest BCUT2D eigenvalue weighted by atomic mass is 9.87. The summed E-state index contributed by atoms with van der Waals surface area (Å²) in [4.78, 5) is 2.60. The molecule has 2 rings (SSSR count). The maximum Gasteiger partial charge on any atom is 0.0233 e. The molecule has 0 aliphatic carbocycles. The Hall–Kier alpha value is -0.860. The van der Waals surface area contributed by atoms with Crippen molar-refractivity contribution >= 4 is 0 Å². The first-order chi connectivity index (χ1) is 8.79. The number of benzene rings is 1. The summed E-state index contributed by atoms with van der Waals surface area (Å²) in [7, 11) is 0. The van der Waals surface area contributed by atoms with Crippen LogP contribution in [-0.2, 0) is 6.54 Å². The van der Waals surface area contributed by atoms with Crippen LogP contribution in [0, 0.1) is 11.8 Å². The summed E-state index contributed by atoms with van der Waals surface area (Å²) in [6, 6.07) is 10.8. The Bertz CT molecular complexity index is 336. The van der Waals surface area contributed by atoms with E-state index < -0.39 is 0 Å². The SMILES string of the molecule is CC1CCN(Cc2ccccc2)CCC1CCN. The van der Waals surface area contributed by atoms with E-state index in [9.17, 15) is 0 Å². The lowest BCUT2D eigenvalue weighted by molar-refractivity contribution is 0.271. The van der Waals surface area contributed by atoms with Crippen LogP contribution in [0.4, 0.5) is 0 Å². The second kappa shape index (κ2) is 6.91. The zero-order chi connectivity index (χ0) is 12.8.